The predicted octanol–water partition coefficient (Wildman–Crippen LogP) is 2.42. The molecule has 1 heterocycles. The minimum atomic E-state index is -0.350. The molecule has 1 amide bonds. The van der Waals surface area contributed by atoms with Crippen LogP contribution in [0.25, 0.3) is 0 Å². The average Bonchev–Trinajstić information content (AvgIpc) is 3.19. The lowest BCUT2D eigenvalue weighted by atomic mass is 10.1. The number of ether oxygens (including phenoxy) is 1. The van der Waals surface area contributed by atoms with E-state index < -0.39 is 0 Å². The van der Waals surface area contributed by atoms with E-state index >= 15 is 0 Å². The van der Waals surface area contributed by atoms with Crippen molar-refractivity contribution in [2.45, 2.75) is 50.4 Å². The Morgan fingerprint density at radius 1 is 1.35 bits per heavy atom. The molecular weight excluding hydrogens is 238 g/mol. The fraction of sp³-hybridized carbons (Fsp3) is 0.923. The van der Waals surface area contributed by atoms with E-state index in [9.17, 15) is 4.79 Å². The van der Waals surface area contributed by atoms with E-state index in [-0.39, 0.29) is 11.3 Å². The second-order valence-electron chi connectivity index (χ2n) is 5.15. The molecule has 3 nitrogen and oxygen atoms in total. The third-order valence-corrected chi connectivity index (χ3v) is 4.19. The van der Waals surface area contributed by atoms with Crippen molar-refractivity contribution in [2.75, 3.05) is 19.8 Å². The lowest BCUT2D eigenvalue weighted by Crippen LogP contribution is -2.47. The number of alkyl halides is 1. The van der Waals surface area contributed by atoms with Gasteiger partial charge in [-0.15, -0.1) is 11.6 Å². The van der Waals surface area contributed by atoms with Gasteiger partial charge in [-0.1, -0.05) is 6.92 Å². The topological polar surface area (TPSA) is 29.5 Å². The summed E-state index contributed by atoms with van der Waals surface area (Å²) in [5.41, 5.74) is 0. The monoisotopic (exact) mass is 259 g/mol. The SMILES string of the molecule is CC[C@@H](Cl)C(=O)N(CC1CC1)C1CCOCC1. The average molecular weight is 260 g/mol. The highest BCUT2D eigenvalue weighted by Gasteiger charge is 2.33. The predicted molar refractivity (Wildman–Crippen MR) is 68.2 cm³/mol. The fourth-order valence-corrected chi connectivity index (χ4v) is 2.47. The van der Waals surface area contributed by atoms with E-state index in [1.54, 1.807) is 0 Å². The third kappa shape index (κ3) is 3.59. The third-order valence-electron chi connectivity index (χ3n) is 3.69. The van der Waals surface area contributed by atoms with Crippen molar-refractivity contribution >= 4 is 17.5 Å². The Morgan fingerprint density at radius 3 is 2.53 bits per heavy atom. The molecule has 0 aromatic rings. The molecular formula is C13H22ClNO2. The highest BCUT2D eigenvalue weighted by atomic mass is 35.5. The van der Waals surface area contributed by atoms with E-state index in [0.29, 0.717) is 12.5 Å². The van der Waals surface area contributed by atoms with Gasteiger partial charge in [0.15, 0.2) is 0 Å². The van der Waals surface area contributed by atoms with Gasteiger partial charge in [0.05, 0.1) is 0 Å². The van der Waals surface area contributed by atoms with Crippen LogP contribution in [-0.4, -0.2) is 42.0 Å². The molecule has 2 aliphatic rings. The van der Waals surface area contributed by atoms with E-state index in [1.807, 2.05) is 11.8 Å². The van der Waals surface area contributed by atoms with E-state index in [4.69, 9.17) is 16.3 Å². The normalized spacial score (nSPS) is 23.4. The summed E-state index contributed by atoms with van der Waals surface area (Å²) < 4.78 is 5.37. The van der Waals surface area contributed by atoms with Crippen molar-refractivity contribution in [3.05, 3.63) is 0 Å². The first-order valence-electron chi connectivity index (χ1n) is 6.74. The van der Waals surface area contributed by atoms with Crippen LogP contribution in [0, 0.1) is 5.92 Å². The number of amides is 1. The minimum absolute atomic E-state index is 0.132. The maximum Gasteiger partial charge on any atom is 0.240 e. The Balaban J connectivity index is 1.97. The quantitative estimate of drug-likeness (QED) is 0.710. The molecule has 0 spiro atoms. The molecule has 0 bridgehead atoms. The molecule has 17 heavy (non-hydrogen) atoms. The molecule has 1 saturated heterocycles. The molecule has 1 aliphatic heterocycles. The molecule has 0 N–H and O–H groups in total. The van der Waals surface area contributed by atoms with Crippen LogP contribution in [-0.2, 0) is 9.53 Å². The van der Waals surface area contributed by atoms with Gasteiger partial charge in [0.2, 0.25) is 5.91 Å². The zero-order valence-electron chi connectivity index (χ0n) is 10.5. The van der Waals surface area contributed by atoms with Crippen LogP contribution < -0.4 is 0 Å². The molecule has 1 atom stereocenters. The zero-order valence-corrected chi connectivity index (χ0v) is 11.3. The number of hydrogen-bond donors (Lipinski definition) is 0. The summed E-state index contributed by atoms with van der Waals surface area (Å²) in [6.07, 6.45) is 5.18. The largest absolute Gasteiger partial charge is 0.381 e. The number of carbonyl (C=O) groups is 1. The molecule has 4 heteroatoms. The van der Waals surface area contributed by atoms with Gasteiger partial charge in [-0.2, -0.15) is 0 Å². The van der Waals surface area contributed by atoms with Gasteiger partial charge < -0.3 is 9.64 Å². The van der Waals surface area contributed by atoms with Gasteiger partial charge in [0, 0.05) is 25.8 Å². The highest BCUT2D eigenvalue weighted by molar-refractivity contribution is 6.30. The Morgan fingerprint density at radius 2 is 2.00 bits per heavy atom. The molecule has 2 rings (SSSR count). The first kappa shape index (κ1) is 13.2. The Bertz CT molecular complexity index is 262. The van der Waals surface area contributed by atoms with Crippen molar-refractivity contribution < 1.29 is 9.53 Å². The summed E-state index contributed by atoms with van der Waals surface area (Å²) in [5.74, 6) is 0.857. The molecule has 0 unspecified atom stereocenters. The van der Waals surface area contributed by atoms with Gasteiger partial charge >= 0.3 is 0 Å². The van der Waals surface area contributed by atoms with Crippen LogP contribution in [0.4, 0.5) is 0 Å². The molecule has 1 saturated carbocycles. The van der Waals surface area contributed by atoms with Gasteiger partial charge in [0.25, 0.3) is 0 Å². The summed E-state index contributed by atoms with van der Waals surface area (Å²) in [6.45, 7) is 4.43. The Kier molecular flexibility index (Phi) is 4.69. The molecule has 0 aromatic heterocycles. The van der Waals surface area contributed by atoms with Gasteiger partial charge in [-0.25, -0.2) is 0 Å². The number of hydrogen-bond acceptors (Lipinski definition) is 2. The number of nitrogens with zero attached hydrogens (tertiary/aromatic N) is 1. The maximum absolute atomic E-state index is 12.3. The van der Waals surface area contributed by atoms with Crippen LogP contribution in [0.1, 0.15) is 39.0 Å². The molecule has 98 valence electrons. The van der Waals surface area contributed by atoms with E-state index in [2.05, 4.69) is 0 Å². The van der Waals surface area contributed by atoms with Crippen LogP contribution in [0.2, 0.25) is 0 Å². The fourth-order valence-electron chi connectivity index (χ4n) is 2.35. The lowest BCUT2D eigenvalue weighted by Gasteiger charge is -2.35. The molecule has 0 radical (unpaired) electrons. The molecule has 2 fully saturated rings. The van der Waals surface area contributed by atoms with Crippen LogP contribution in [0.5, 0.6) is 0 Å². The zero-order chi connectivity index (χ0) is 12.3. The first-order chi connectivity index (χ1) is 8.22. The Labute approximate surface area is 108 Å². The van der Waals surface area contributed by atoms with Crippen molar-refractivity contribution in [3.63, 3.8) is 0 Å². The summed E-state index contributed by atoms with van der Waals surface area (Å²) in [6, 6.07) is 0.352. The van der Waals surface area contributed by atoms with E-state index in [1.165, 1.54) is 12.8 Å². The van der Waals surface area contributed by atoms with Gasteiger partial charge in [0.1, 0.15) is 5.38 Å². The van der Waals surface area contributed by atoms with Crippen LogP contribution in [0.15, 0.2) is 0 Å². The first-order valence-corrected chi connectivity index (χ1v) is 7.18. The summed E-state index contributed by atoms with van der Waals surface area (Å²) in [5, 5.41) is -0.350. The summed E-state index contributed by atoms with van der Waals surface area (Å²) >= 11 is 6.11. The standard InChI is InChI=1S/C13H22ClNO2/c1-2-12(14)13(16)15(9-10-3-4-10)11-5-7-17-8-6-11/h10-12H,2-9H2,1H3/t12-/m1/s1. The second kappa shape index (κ2) is 6.05. The number of carbonyl (C=O) groups excluding carboxylic acids is 1. The summed E-state index contributed by atoms with van der Waals surface area (Å²) in [4.78, 5) is 14.3. The van der Waals surface area contributed by atoms with Crippen molar-refractivity contribution in [1.82, 2.24) is 4.90 Å². The smallest absolute Gasteiger partial charge is 0.240 e. The lowest BCUT2D eigenvalue weighted by molar-refractivity contribution is -0.135. The number of rotatable bonds is 5. The summed E-state index contributed by atoms with van der Waals surface area (Å²) in [7, 11) is 0. The highest BCUT2D eigenvalue weighted by Crippen LogP contribution is 2.32. The second-order valence-corrected chi connectivity index (χ2v) is 5.68. The Hall–Kier alpha value is -0.280. The maximum atomic E-state index is 12.3. The van der Waals surface area contributed by atoms with E-state index in [0.717, 1.165) is 38.5 Å². The molecule has 0 aromatic carbocycles. The number of halogens is 1. The van der Waals surface area contributed by atoms with Crippen molar-refractivity contribution in [3.8, 4) is 0 Å². The van der Waals surface area contributed by atoms with Crippen molar-refractivity contribution in [2.24, 2.45) is 5.92 Å². The molecule has 1 aliphatic carbocycles. The van der Waals surface area contributed by atoms with Gasteiger partial charge in [-0.05, 0) is 38.0 Å². The van der Waals surface area contributed by atoms with Crippen molar-refractivity contribution in [1.29, 1.82) is 0 Å². The minimum Gasteiger partial charge on any atom is -0.381 e. The van der Waals surface area contributed by atoms with Crippen LogP contribution in [0.3, 0.4) is 0 Å². The van der Waals surface area contributed by atoms with Crippen LogP contribution >= 0.6 is 11.6 Å². The van der Waals surface area contributed by atoms with Gasteiger partial charge in [-0.3, -0.25) is 4.79 Å².